The molecule has 0 bridgehead atoms. The molecule has 0 aromatic heterocycles. The van der Waals surface area contributed by atoms with Crippen molar-refractivity contribution < 1.29 is 4.74 Å². The molecule has 1 saturated heterocycles. The van der Waals surface area contributed by atoms with Crippen LogP contribution >= 0.6 is 23.8 Å². The van der Waals surface area contributed by atoms with E-state index >= 15 is 0 Å². The fourth-order valence-electron chi connectivity index (χ4n) is 2.00. The molecule has 1 aliphatic heterocycles. The lowest BCUT2D eigenvalue weighted by molar-refractivity contribution is 0.0247. The molecule has 0 aliphatic carbocycles. The summed E-state index contributed by atoms with van der Waals surface area (Å²) in [6.45, 7) is 1.65. The predicted octanol–water partition coefficient (Wildman–Crippen LogP) is 2.96. The molecule has 1 aliphatic rings. The molecule has 0 radical (unpaired) electrons. The first-order valence-corrected chi connectivity index (χ1v) is 6.90. The van der Waals surface area contributed by atoms with Crippen LogP contribution < -0.4 is 11.1 Å². The van der Waals surface area contributed by atoms with Crippen molar-refractivity contribution in [2.24, 2.45) is 5.73 Å². The van der Waals surface area contributed by atoms with Gasteiger partial charge in [0.2, 0.25) is 0 Å². The average molecular weight is 285 g/mol. The second-order valence-corrected chi connectivity index (χ2v) is 5.28. The third-order valence-corrected chi connectivity index (χ3v) is 3.60. The summed E-state index contributed by atoms with van der Waals surface area (Å²) < 4.78 is 5.66. The van der Waals surface area contributed by atoms with E-state index in [1.54, 1.807) is 6.07 Å². The van der Waals surface area contributed by atoms with E-state index in [4.69, 9.17) is 34.3 Å². The number of benzene rings is 1. The van der Waals surface area contributed by atoms with Gasteiger partial charge in [0.05, 0.1) is 16.8 Å². The van der Waals surface area contributed by atoms with E-state index in [2.05, 4.69) is 5.32 Å². The first-order chi connectivity index (χ1) is 8.66. The summed E-state index contributed by atoms with van der Waals surface area (Å²) in [5.41, 5.74) is 7.24. The van der Waals surface area contributed by atoms with Crippen molar-refractivity contribution in [1.82, 2.24) is 0 Å². The summed E-state index contributed by atoms with van der Waals surface area (Å²) in [6, 6.07) is 5.56. The van der Waals surface area contributed by atoms with Gasteiger partial charge < -0.3 is 15.8 Å². The first kappa shape index (κ1) is 13.6. The van der Waals surface area contributed by atoms with Gasteiger partial charge in [-0.2, -0.15) is 0 Å². The lowest BCUT2D eigenvalue weighted by atomic mass is 10.1. The molecule has 1 aromatic rings. The molecule has 5 heteroatoms. The van der Waals surface area contributed by atoms with E-state index in [9.17, 15) is 0 Å². The quantitative estimate of drug-likeness (QED) is 0.835. The Labute approximate surface area is 118 Å². The van der Waals surface area contributed by atoms with Gasteiger partial charge in [-0.3, -0.25) is 0 Å². The van der Waals surface area contributed by atoms with Gasteiger partial charge in [-0.05, 0) is 37.5 Å². The molecule has 1 heterocycles. The number of thiocarbonyl (C=S) groups is 1. The van der Waals surface area contributed by atoms with Crippen LogP contribution in [-0.2, 0) is 4.74 Å². The highest BCUT2D eigenvalue weighted by molar-refractivity contribution is 7.80. The third kappa shape index (κ3) is 3.57. The van der Waals surface area contributed by atoms with Gasteiger partial charge >= 0.3 is 0 Å². The minimum atomic E-state index is 0.282. The number of hydrogen-bond donors (Lipinski definition) is 2. The van der Waals surface area contributed by atoms with E-state index in [0.29, 0.717) is 10.0 Å². The highest BCUT2D eigenvalue weighted by Gasteiger charge is 2.14. The van der Waals surface area contributed by atoms with Gasteiger partial charge in [0, 0.05) is 18.7 Å². The number of rotatable bonds is 4. The molecular weight excluding hydrogens is 268 g/mol. The standard InChI is InChI=1S/C13H17ClN2OS/c14-11-7-9(13(15)18)4-5-12(11)16-8-10-3-1-2-6-17-10/h4-5,7,10,16H,1-3,6,8H2,(H2,15,18). The molecule has 98 valence electrons. The molecule has 3 N–H and O–H groups in total. The van der Waals surface area contributed by atoms with Crippen molar-refractivity contribution in [3.8, 4) is 0 Å². The number of nitrogens with one attached hydrogen (secondary N) is 1. The molecule has 1 fully saturated rings. The molecule has 2 rings (SSSR count). The second-order valence-electron chi connectivity index (χ2n) is 4.43. The zero-order chi connectivity index (χ0) is 13.0. The molecular formula is C13H17ClN2OS. The van der Waals surface area contributed by atoms with Crippen molar-refractivity contribution in [3.63, 3.8) is 0 Å². The zero-order valence-corrected chi connectivity index (χ0v) is 11.7. The number of nitrogens with two attached hydrogens (primary N) is 1. The maximum Gasteiger partial charge on any atom is 0.104 e. The lowest BCUT2D eigenvalue weighted by Crippen LogP contribution is -2.27. The summed E-state index contributed by atoms with van der Waals surface area (Å²) in [7, 11) is 0. The predicted molar refractivity (Wildman–Crippen MR) is 79.4 cm³/mol. The Balaban J connectivity index is 1.94. The molecule has 18 heavy (non-hydrogen) atoms. The maximum atomic E-state index is 6.17. The van der Waals surface area contributed by atoms with Crippen LogP contribution in [-0.4, -0.2) is 24.2 Å². The van der Waals surface area contributed by atoms with Crippen molar-refractivity contribution in [2.75, 3.05) is 18.5 Å². The average Bonchev–Trinajstić information content (AvgIpc) is 2.38. The Morgan fingerprint density at radius 3 is 2.94 bits per heavy atom. The summed E-state index contributed by atoms with van der Waals surface area (Å²) >= 11 is 11.1. The molecule has 0 saturated carbocycles. The fourth-order valence-corrected chi connectivity index (χ4v) is 2.38. The minimum absolute atomic E-state index is 0.282. The van der Waals surface area contributed by atoms with Crippen molar-refractivity contribution >= 4 is 34.5 Å². The van der Waals surface area contributed by atoms with Crippen molar-refractivity contribution in [1.29, 1.82) is 0 Å². The highest BCUT2D eigenvalue weighted by Crippen LogP contribution is 2.23. The van der Waals surface area contributed by atoms with Crippen LogP contribution in [0.5, 0.6) is 0 Å². The van der Waals surface area contributed by atoms with Crippen LogP contribution in [0.2, 0.25) is 5.02 Å². The molecule has 0 amide bonds. The minimum Gasteiger partial charge on any atom is -0.389 e. The number of ether oxygens (including phenoxy) is 1. The Morgan fingerprint density at radius 1 is 1.50 bits per heavy atom. The number of hydrogen-bond acceptors (Lipinski definition) is 3. The SMILES string of the molecule is NC(=S)c1ccc(NCC2CCCCO2)c(Cl)c1. The first-order valence-electron chi connectivity index (χ1n) is 6.11. The number of halogens is 1. The van der Waals surface area contributed by atoms with Crippen LogP contribution in [0.3, 0.4) is 0 Å². The largest absolute Gasteiger partial charge is 0.389 e. The second kappa shape index (κ2) is 6.36. The fraction of sp³-hybridized carbons (Fsp3) is 0.462. The van der Waals surface area contributed by atoms with E-state index in [1.165, 1.54) is 12.8 Å². The van der Waals surface area contributed by atoms with Gasteiger partial charge in [0.1, 0.15) is 4.99 Å². The van der Waals surface area contributed by atoms with Gasteiger partial charge in [-0.15, -0.1) is 0 Å². The molecule has 1 unspecified atom stereocenters. The molecule has 3 nitrogen and oxygen atoms in total. The summed E-state index contributed by atoms with van der Waals surface area (Å²) in [5, 5.41) is 3.94. The van der Waals surface area contributed by atoms with Crippen LogP contribution in [0, 0.1) is 0 Å². The Kier molecular flexibility index (Phi) is 4.80. The Bertz CT molecular complexity index is 433. The maximum absolute atomic E-state index is 6.17. The molecule has 1 aromatic carbocycles. The normalized spacial score (nSPS) is 19.5. The van der Waals surface area contributed by atoms with E-state index < -0.39 is 0 Å². The Morgan fingerprint density at radius 2 is 2.33 bits per heavy atom. The van der Waals surface area contributed by atoms with Crippen LogP contribution in [0.15, 0.2) is 18.2 Å². The Hall–Kier alpha value is -0.840. The van der Waals surface area contributed by atoms with Crippen LogP contribution in [0.4, 0.5) is 5.69 Å². The van der Waals surface area contributed by atoms with Crippen LogP contribution in [0.25, 0.3) is 0 Å². The van der Waals surface area contributed by atoms with Crippen molar-refractivity contribution in [3.05, 3.63) is 28.8 Å². The van der Waals surface area contributed by atoms with Gasteiger partial charge in [-0.25, -0.2) is 0 Å². The van der Waals surface area contributed by atoms with Gasteiger partial charge in [0.25, 0.3) is 0 Å². The summed E-state index contributed by atoms with van der Waals surface area (Å²) in [5.74, 6) is 0. The zero-order valence-electron chi connectivity index (χ0n) is 10.1. The van der Waals surface area contributed by atoms with Gasteiger partial charge in [0.15, 0.2) is 0 Å². The lowest BCUT2D eigenvalue weighted by Gasteiger charge is -2.23. The summed E-state index contributed by atoms with van der Waals surface area (Å²) in [4.78, 5) is 0.360. The van der Waals surface area contributed by atoms with Crippen LogP contribution in [0.1, 0.15) is 24.8 Å². The monoisotopic (exact) mass is 284 g/mol. The van der Waals surface area contributed by atoms with Gasteiger partial charge in [-0.1, -0.05) is 23.8 Å². The third-order valence-electron chi connectivity index (χ3n) is 3.05. The van der Waals surface area contributed by atoms with Crippen molar-refractivity contribution in [2.45, 2.75) is 25.4 Å². The van der Waals surface area contributed by atoms with E-state index in [0.717, 1.165) is 30.8 Å². The molecule has 1 atom stereocenters. The highest BCUT2D eigenvalue weighted by atomic mass is 35.5. The summed E-state index contributed by atoms with van der Waals surface area (Å²) in [6.07, 6.45) is 3.79. The number of anilines is 1. The topological polar surface area (TPSA) is 47.3 Å². The smallest absolute Gasteiger partial charge is 0.104 e. The molecule has 0 spiro atoms. The van der Waals surface area contributed by atoms with E-state index in [1.807, 2.05) is 12.1 Å². The van der Waals surface area contributed by atoms with E-state index in [-0.39, 0.29) is 6.10 Å².